The minimum Gasteiger partial charge on any atom is -0.391 e. The van der Waals surface area contributed by atoms with Crippen molar-refractivity contribution in [3.8, 4) is 0 Å². The van der Waals surface area contributed by atoms with Crippen LogP contribution in [-0.4, -0.2) is 35.4 Å². The number of nitrogens with one attached hydrogen (secondary N) is 1. The molecule has 4 nitrogen and oxygen atoms in total. The van der Waals surface area contributed by atoms with Crippen LogP contribution in [0.1, 0.15) is 52.9 Å². The number of ether oxygens (including phenoxy) is 1. The van der Waals surface area contributed by atoms with E-state index in [2.05, 4.69) is 12.2 Å². The molecule has 1 saturated carbocycles. The predicted molar refractivity (Wildman–Crippen MR) is 73.7 cm³/mol. The third kappa shape index (κ3) is 3.29. The van der Waals surface area contributed by atoms with Crippen molar-refractivity contribution in [3.63, 3.8) is 0 Å². The fourth-order valence-corrected chi connectivity index (χ4v) is 3.45. The van der Waals surface area contributed by atoms with Crippen LogP contribution in [0.25, 0.3) is 0 Å². The summed E-state index contributed by atoms with van der Waals surface area (Å²) in [6, 6.07) is -0.0784. The highest BCUT2D eigenvalue weighted by Crippen LogP contribution is 2.32. The Morgan fingerprint density at radius 2 is 1.79 bits per heavy atom. The van der Waals surface area contributed by atoms with Crippen LogP contribution in [0.4, 0.5) is 0 Å². The lowest BCUT2D eigenvalue weighted by Crippen LogP contribution is -2.47. The Labute approximate surface area is 115 Å². The minimum absolute atomic E-state index is 0.0343. The minimum atomic E-state index is -0.392. The van der Waals surface area contributed by atoms with E-state index in [1.165, 1.54) is 0 Å². The Kier molecular flexibility index (Phi) is 4.85. The number of aliphatic hydroxyl groups excluding tert-OH is 1. The van der Waals surface area contributed by atoms with Crippen LogP contribution >= 0.6 is 0 Å². The Bertz CT molecular complexity index is 321. The van der Waals surface area contributed by atoms with Gasteiger partial charge in [0.2, 0.25) is 5.91 Å². The van der Waals surface area contributed by atoms with Crippen molar-refractivity contribution < 1.29 is 14.6 Å². The molecule has 6 unspecified atom stereocenters. The summed E-state index contributed by atoms with van der Waals surface area (Å²) in [5.41, 5.74) is 0. The summed E-state index contributed by atoms with van der Waals surface area (Å²) >= 11 is 0. The fraction of sp³-hybridized carbons (Fsp3) is 0.933. The monoisotopic (exact) mass is 269 g/mol. The van der Waals surface area contributed by atoms with Crippen molar-refractivity contribution in [2.45, 2.75) is 77.2 Å². The molecule has 4 heteroatoms. The Morgan fingerprint density at radius 1 is 1.11 bits per heavy atom. The molecule has 6 atom stereocenters. The quantitative estimate of drug-likeness (QED) is 0.752. The van der Waals surface area contributed by atoms with Crippen LogP contribution in [0.5, 0.6) is 0 Å². The fourth-order valence-electron chi connectivity index (χ4n) is 3.45. The first-order valence-corrected chi connectivity index (χ1v) is 7.64. The predicted octanol–water partition coefficient (Wildman–Crippen LogP) is 1.86. The summed E-state index contributed by atoms with van der Waals surface area (Å²) in [6.07, 6.45) is 4.69. The molecule has 2 rings (SSSR count). The van der Waals surface area contributed by atoms with Crippen LogP contribution in [0.3, 0.4) is 0 Å². The summed E-state index contributed by atoms with van der Waals surface area (Å²) in [6.45, 7) is 6.06. The van der Waals surface area contributed by atoms with Crippen LogP contribution in [-0.2, 0) is 9.53 Å². The Morgan fingerprint density at radius 3 is 2.42 bits per heavy atom. The second kappa shape index (κ2) is 6.23. The van der Waals surface area contributed by atoms with Crippen LogP contribution in [0.15, 0.2) is 0 Å². The molecule has 0 aromatic carbocycles. The van der Waals surface area contributed by atoms with E-state index in [9.17, 15) is 9.90 Å². The van der Waals surface area contributed by atoms with Gasteiger partial charge >= 0.3 is 0 Å². The van der Waals surface area contributed by atoms with Crippen molar-refractivity contribution in [1.82, 2.24) is 5.32 Å². The smallest absolute Gasteiger partial charge is 0.226 e. The largest absolute Gasteiger partial charge is 0.391 e. The standard InChI is InChI=1S/C15H27NO3/c1-9-10(2)19-11(3)14(9)15(18)16-12-7-5-4-6-8-13(12)17/h9-14,17H,4-8H2,1-3H3,(H,16,18). The number of hydrogen-bond acceptors (Lipinski definition) is 3. The molecule has 0 radical (unpaired) electrons. The van der Waals surface area contributed by atoms with Gasteiger partial charge in [0.05, 0.1) is 30.3 Å². The summed E-state index contributed by atoms with van der Waals surface area (Å²) in [4.78, 5) is 12.4. The van der Waals surface area contributed by atoms with Crippen molar-refractivity contribution >= 4 is 5.91 Å². The SMILES string of the molecule is CC1OC(C)C(C(=O)NC2CCCCCC2O)C1C. The number of amides is 1. The Balaban J connectivity index is 1.96. The molecule has 1 aliphatic carbocycles. The third-order valence-electron chi connectivity index (χ3n) is 4.85. The Hall–Kier alpha value is -0.610. The molecule has 0 aromatic rings. The number of rotatable bonds is 2. The van der Waals surface area contributed by atoms with E-state index in [1.54, 1.807) is 0 Å². The van der Waals surface area contributed by atoms with Crippen LogP contribution < -0.4 is 5.32 Å². The van der Waals surface area contributed by atoms with E-state index in [1.807, 2.05) is 13.8 Å². The van der Waals surface area contributed by atoms with Crippen molar-refractivity contribution in [2.24, 2.45) is 11.8 Å². The number of hydrogen-bond donors (Lipinski definition) is 2. The van der Waals surface area contributed by atoms with Gasteiger partial charge in [-0.2, -0.15) is 0 Å². The highest BCUT2D eigenvalue weighted by atomic mass is 16.5. The summed E-state index contributed by atoms with van der Waals surface area (Å²) < 4.78 is 5.72. The topological polar surface area (TPSA) is 58.6 Å². The lowest BCUT2D eigenvalue weighted by molar-refractivity contribution is -0.128. The molecular weight excluding hydrogens is 242 g/mol. The van der Waals surface area contributed by atoms with E-state index < -0.39 is 6.10 Å². The molecule has 2 fully saturated rings. The van der Waals surface area contributed by atoms with Gasteiger partial charge in [0.25, 0.3) is 0 Å². The first-order valence-electron chi connectivity index (χ1n) is 7.64. The normalized spacial score (nSPS) is 43.8. The molecule has 1 saturated heterocycles. The van der Waals surface area contributed by atoms with E-state index in [0.717, 1.165) is 32.1 Å². The van der Waals surface area contributed by atoms with Gasteiger partial charge in [-0.05, 0) is 32.6 Å². The lowest BCUT2D eigenvalue weighted by Gasteiger charge is -2.25. The molecular formula is C15H27NO3. The van der Waals surface area contributed by atoms with Gasteiger partial charge in [-0.15, -0.1) is 0 Å². The van der Waals surface area contributed by atoms with Gasteiger partial charge in [0.1, 0.15) is 0 Å². The second-order valence-corrected chi connectivity index (χ2v) is 6.25. The maximum absolute atomic E-state index is 12.4. The summed E-state index contributed by atoms with van der Waals surface area (Å²) in [7, 11) is 0. The van der Waals surface area contributed by atoms with Crippen LogP contribution in [0.2, 0.25) is 0 Å². The molecule has 19 heavy (non-hydrogen) atoms. The van der Waals surface area contributed by atoms with Gasteiger partial charge in [-0.3, -0.25) is 4.79 Å². The molecule has 2 aliphatic rings. The van der Waals surface area contributed by atoms with Crippen molar-refractivity contribution in [3.05, 3.63) is 0 Å². The average molecular weight is 269 g/mol. The van der Waals surface area contributed by atoms with Gasteiger partial charge in [-0.25, -0.2) is 0 Å². The summed E-state index contributed by atoms with van der Waals surface area (Å²) in [5, 5.41) is 13.1. The molecule has 1 heterocycles. The molecule has 0 bridgehead atoms. The molecule has 0 spiro atoms. The molecule has 1 aliphatic heterocycles. The maximum atomic E-state index is 12.4. The van der Waals surface area contributed by atoms with Gasteiger partial charge < -0.3 is 15.2 Å². The van der Waals surface area contributed by atoms with E-state index in [0.29, 0.717) is 0 Å². The zero-order valence-corrected chi connectivity index (χ0v) is 12.3. The number of aliphatic hydroxyl groups is 1. The third-order valence-corrected chi connectivity index (χ3v) is 4.85. The maximum Gasteiger partial charge on any atom is 0.226 e. The van der Waals surface area contributed by atoms with Crippen molar-refractivity contribution in [1.29, 1.82) is 0 Å². The average Bonchev–Trinajstić information content (AvgIpc) is 2.51. The number of carbonyl (C=O) groups is 1. The molecule has 110 valence electrons. The highest BCUT2D eigenvalue weighted by Gasteiger charge is 2.42. The van der Waals surface area contributed by atoms with E-state index in [4.69, 9.17) is 4.74 Å². The van der Waals surface area contributed by atoms with Gasteiger partial charge in [0.15, 0.2) is 0 Å². The molecule has 2 N–H and O–H groups in total. The zero-order valence-electron chi connectivity index (χ0n) is 12.3. The van der Waals surface area contributed by atoms with E-state index >= 15 is 0 Å². The van der Waals surface area contributed by atoms with Gasteiger partial charge in [-0.1, -0.05) is 26.2 Å². The molecule has 0 aromatic heterocycles. The van der Waals surface area contributed by atoms with Crippen LogP contribution in [0, 0.1) is 11.8 Å². The first kappa shape index (κ1) is 14.8. The summed E-state index contributed by atoms with van der Waals surface area (Å²) in [5.74, 6) is 0.193. The highest BCUT2D eigenvalue weighted by molar-refractivity contribution is 5.80. The molecule has 1 amide bonds. The van der Waals surface area contributed by atoms with E-state index in [-0.39, 0.29) is 36.0 Å². The first-order chi connectivity index (χ1) is 9.00. The lowest BCUT2D eigenvalue weighted by atomic mass is 9.88. The van der Waals surface area contributed by atoms with Gasteiger partial charge in [0, 0.05) is 0 Å². The zero-order chi connectivity index (χ0) is 14.0. The number of carbonyl (C=O) groups excluding carboxylic acids is 1. The second-order valence-electron chi connectivity index (χ2n) is 6.25. The van der Waals surface area contributed by atoms with Crippen molar-refractivity contribution in [2.75, 3.05) is 0 Å².